The number of nitrogens with zero attached hydrogens (tertiary/aromatic N) is 2. The van der Waals surface area contributed by atoms with Crippen LogP contribution in [0, 0.1) is 0 Å². The van der Waals surface area contributed by atoms with Crippen molar-refractivity contribution in [3.05, 3.63) is 34.7 Å². The summed E-state index contributed by atoms with van der Waals surface area (Å²) >= 11 is 0. The van der Waals surface area contributed by atoms with Gasteiger partial charge in [-0.3, -0.25) is 18.7 Å². The number of fused-ring (bicyclic) bond motifs is 1. The van der Waals surface area contributed by atoms with E-state index in [1.165, 1.54) is 0 Å². The molecule has 0 aliphatic carbocycles. The van der Waals surface area contributed by atoms with Crippen molar-refractivity contribution in [2.24, 2.45) is 7.05 Å². The zero-order chi connectivity index (χ0) is 17.3. The Balaban J connectivity index is 1.66. The number of carbonyl (C=O) groups excluding carboxylic acids is 2. The fourth-order valence-corrected chi connectivity index (χ4v) is 3.23. The number of amides is 2. The Hall–Kier alpha value is -2.57. The molecule has 0 spiro atoms. The van der Waals surface area contributed by atoms with Crippen molar-refractivity contribution in [2.75, 3.05) is 0 Å². The Bertz CT molecular complexity index is 836. The van der Waals surface area contributed by atoms with Crippen molar-refractivity contribution in [1.29, 1.82) is 0 Å². The first kappa shape index (κ1) is 16.3. The van der Waals surface area contributed by atoms with Gasteiger partial charge in [0, 0.05) is 38.5 Å². The van der Waals surface area contributed by atoms with E-state index in [4.69, 9.17) is 0 Å². The molecule has 2 atom stereocenters. The molecule has 0 bridgehead atoms. The average molecular weight is 330 g/mol. The van der Waals surface area contributed by atoms with Crippen LogP contribution in [0.5, 0.6) is 0 Å². The number of aryl methyl sites for hydroxylation is 2. The lowest BCUT2D eigenvalue weighted by Crippen LogP contribution is -2.54. The summed E-state index contributed by atoms with van der Waals surface area (Å²) in [7, 11) is 1.73. The van der Waals surface area contributed by atoms with Gasteiger partial charge in [-0.1, -0.05) is 12.1 Å². The first-order chi connectivity index (χ1) is 11.5. The van der Waals surface area contributed by atoms with Gasteiger partial charge in [-0.25, -0.2) is 4.79 Å². The van der Waals surface area contributed by atoms with E-state index in [-0.39, 0.29) is 36.0 Å². The number of rotatable bonds is 4. The topological polar surface area (TPSA) is 85.1 Å². The maximum Gasteiger partial charge on any atom is 0.328 e. The van der Waals surface area contributed by atoms with Crippen molar-refractivity contribution in [1.82, 2.24) is 19.8 Å². The molecule has 1 aromatic carbocycles. The zero-order valence-electron chi connectivity index (χ0n) is 13.9. The quantitative estimate of drug-likeness (QED) is 0.857. The van der Waals surface area contributed by atoms with Gasteiger partial charge < -0.3 is 10.6 Å². The summed E-state index contributed by atoms with van der Waals surface area (Å²) in [6, 6.07) is 7.41. The lowest BCUT2D eigenvalue weighted by atomic mass is 9.99. The first-order valence-corrected chi connectivity index (χ1v) is 8.20. The predicted molar refractivity (Wildman–Crippen MR) is 90.6 cm³/mol. The molecule has 7 nitrogen and oxygen atoms in total. The second-order valence-corrected chi connectivity index (χ2v) is 6.30. The highest BCUT2D eigenvalue weighted by molar-refractivity contribution is 5.80. The monoisotopic (exact) mass is 330 g/mol. The summed E-state index contributed by atoms with van der Waals surface area (Å²) < 4.78 is 3.22. The van der Waals surface area contributed by atoms with Crippen LogP contribution in [-0.4, -0.2) is 33.0 Å². The number of hydrogen-bond acceptors (Lipinski definition) is 3. The second kappa shape index (κ2) is 6.51. The summed E-state index contributed by atoms with van der Waals surface area (Å²) in [6.07, 6.45) is 1.30. The molecule has 1 aliphatic heterocycles. The van der Waals surface area contributed by atoms with Gasteiger partial charge in [0.2, 0.25) is 11.8 Å². The Kier molecular flexibility index (Phi) is 4.42. The van der Waals surface area contributed by atoms with Gasteiger partial charge in [-0.05, 0) is 25.5 Å². The van der Waals surface area contributed by atoms with Gasteiger partial charge in [-0.2, -0.15) is 0 Å². The number of hydrogen-bond donors (Lipinski definition) is 2. The molecule has 2 N–H and O–H groups in total. The maximum atomic E-state index is 12.3. The van der Waals surface area contributed by atoms with Crippen LogP contribution in [0.1, 0.15) is 26.2 Å². The van der Waals surface area contributed by atoms with Gasteiger partial charge in [0.15, 0.2) is 0 Å². The largest absolute Gasteiger partial charge is 0.352 e. The molecule has 1 fully saturated rings. The fraction of sp³-hybridized carbons (Fsp3) is 0.471. The maximum absolute atomic E-state index is 12.3. The molecule has 0 saturated carbocycles. The molecular weight excluding hydrogens is 308 g/mol. The van der Waals surface area contributed by atoms with Crippen LogP contribution in [0.4, 0.5) is 0 Å². The molecule has 7 heteroatoms. The Morgan fingerprint density at radius 2 is 2.00 bits per heavy atom. The van der Waals surface area contributed by atoms with Crippen LogP contribution in [0.2, 0.25) is 0 Å². The minimum absolute atomic E-state index is 0.0234. The number of carbonyl (C=O) groups is 2. The van der Waals surface area contributed by atoms with Crippen molar-refractivity contribution >= 4 is 22.8 Å². The van der Waals surface area contributed by atoms with Crippen LogP contribution in [0.25, 0.3) is 11.0 Å². The summed E-state index contributed by atoms with van der Waals surface area (Å²) in [5, 5.41) is 5.79. The molecule has 2 unspecified atom stereocenters. The lowest BCUT2D eigenvalue weighted by Gasteiger charge is -2.30. The van der Waals surface area contributed by atoms with E-state index in [1.807, 2.05) is 31.2 Å². The Morgan fingerprint density at radius 3 is 2.71 bits per heavy atom. The van der Waals surface area contributed by atoms with Crippen molar-refractivity contribution in [2.45, 2.75) is 44.8 Å². The molecule has 3 rings (SSSR count). The summed E-state index contributed by atoms with van der Waals surface area (Å²) in [6.45, 7) is 2.22. The average Bonchev–Trinajstić information content (AvgIpc) is 2.80. The highest BCUT2D eigenvalue weighted by Gasteiger charge is 2.26. The molecule has 2 amide bonds. The summed E-state index contributed by atoms with van der Waals surface area (Å²) in [4.78, 5) is 35.9. The number of imidazole rings is 1. The normalized spacial score (nSPS) is 20.8. The van der Waals surface area contributed by atoms with Gasteiger partial charge in [0.05, 0.1) is 11.0 Å². The molecule has 1 aliphatic rings. The summed E-state index contributed by atoms with van der Waals surface area (Å²) in [5.41, 5.74) is 1.56. The molecule has 0 radical (unpaired) electrons. The van der Waals surface area contributed by atoms with E-state index >= 15 is 0 Å². The van der Waals surface area contributed by atoms with E-state index < -0.39 is 0 Å². The zero-order valence-corrected chi connectivity index (χ0v) is 13.9. The van der Waals surface area contributed by atoms with E-state index in [9.17, 15) is 14.4 Å². The highest BCUT2D eigenvalue weighted by atomic mass is 16.2. The van der Waals surface area contributed by atoms with Crippen molar-refractivity contribution in [3.8, 4) is 0 Å². The standard InChI is InChI=1S/C17H22N4O3/c1-11-12(7-8-15(22)18-11)19-16(23)9-10-21-14-6-4-3-5-13(14)20(2)17(21)24/h3-6,11-12H,7-10H2,1-2H3,(H,18,22)(H,19,23). The van der Waals surface area contributed by atoms with Gasteiger partial charge in [0.25, 0.3) is 0 Å². The number of nitrogens with one attached hydrogen (secondary N) is 2. The smallest absolute Gasteiger partial charge is 0.328 e. The minimum atomic E-state index is -0.123. The Morgan fingerprint density at radius 1 is 1.29 bits per heavy atom. The SMILES string of the molecule is CC1NC(=O)CCC1NC(=O)CCn1c(=O)n(C)c2ccccc21. The van der Waals surface area contributed by atoms with Crippen molar-refractivity contribution in [3.63, 3.8) is 0 Å². The van der Waals surface area contributed by atoms with E-state index in [2.05, 4.69) is 10.6 Å². The van der Waals surface area contributed by atoms with Crippen LogP contribution >= 0.6 is 0 Å². The molecule has 128 valence electrons. The van der Waals surface area contributed by atoms with E-state index in [0.717, 1.165) is 11.0 Å². The Labute approximate surface area is 139 Å². The van der Waals surface area contributed by atoms with Crippen molar-refractivity contribution < 1.29 is 9.59 Å². The third-order valence-corrected chi connectivity index (χ3v) is 4.64. The molecule has 1 aromatic heterocycles. The van der Waals surface area contributed by atoms with E-state index in [1.54, 1.807) is 16.2 Å². The van der Waals surface area contributed by atoms with Gasteiger partial charge >= 0.3 is 5.69 Å². The van der Waals surface area contributed by atoms with Crippen LogP contribution in [-0.2, 0) is 23.2 Å². The molecule has 2 heterocycles. The fourth-order valence-electron chi connectivity index (χ4n) is 3.23. The number of benzene rings is 1. The first-order valence-electron chi connectivity index (χ1n) is 8.20. The van der Waals surface area contributed by atoms with Gasteiger partial charge in [-0.15, -0.1) is 0 Å². The molecule has 2 aromatic rings. The van der Waals surface area contributed by atoms with Crippen LogP contribution in [0.3, 0.4) is 0 Å². The third kappa shape index (κ3) is 3.06. The second-order valence-electron chi connectivity index (χ2n) is 6.30. The molecule has 1 saturated heterocycles. The van der Waals surface area contributed by atoms with Gasteiger partial charge in [0.1, 0.15) is 0 Å². The predicted octanol–water partition coefficient (Wildman–Crippen LogP) is 0.513. The van der Waals surface area contributed by atoms with E-state index in [0.29, 0.717) is 19.4 Å². The molecular formula is C17H22N4O3. The highest BCUT2D eigenvalue weighted by Crippen LogP contribution is 2.12. The lowest BCUT2D eigenvalue weighted by molar-refractivity contribution is -0.126. The number of para-hydroxylation sites is 2. The van der Waals surface area contributed by atoms with Crippen LogP contribution in [0.15, 0.2) is 29.1 Å². The number of aromatic nitrogens is 2. The molecule has 24 heavy (non-hydrogen) atoms. The summed E-state index contributed by atoms with van der Waals surface area (Å²) in [5.74, 6) is -0.0851. The minimum Gasteiger partial charge on any atom is -0.352 e. The van der Waals surface area contributed by atoms with Crippen LogP contribution < -0.4 is 16.3 Å². The number of piperidine rings is 1. The third-order valence-electron chi connectivity index (χ3n) is 4.64.